The molecule has 5 atom stereocenters. The first-order valence-electron chi connectivity index (χ1n) is 7.85. The first kappa shape index (κ1) is 21.0. The van der Waals surface area contributed by atoms with E-state index in [0.717, 1.165) is 17.8 Å². The number of ether oxygens (including phenoxy) is 1. The van der Waals surface area contributed by atoms with Crippen LogP contribution >= 0.6 is 11.8 Å². The van der Waals surface area contributed by atoms with Crippen molar-refractivity contribution in [2.45, 2.75) is 35.6 Å². The lowest BCUT2D eigenvalue weighted by molar-refractivity contribution is -0.193. The summed E-state index contributed by atoms with van der Waals surface area (Å²) in [4.78, 5) is 23.5. The lowest BCUT2D eigenvalue weighted by atomic mass is 9.79. The number of aromatic hydroxyl groups is 2. The molecule has 0 aliphatic heterocycles. The van der Waals surface area contributed by atoms with Crippen LogP contribution in [-0.4, -0.2) is 78.0 Å². The number of aliphatic hydroxyl groups excluding tert-OH is 2. The summed E-state index contributed by atoms with van der Waals surface area (Å²) < 4.78 is 5.11. The highest BCUT2D eigenvalue weighted by atomic mass is 32.2. The van der Waals surface area contributed by atoms with Gasteiger partial charge in [-0.05, 0) is 30.0 Å². The number of benzene rings is 1. The Morgan fingerprint density at radius 1 is 1.26 bits per heavy atom. The summed E-state index contributed by atoms with van der Waals surface area (Å²) in [5.74, 6) is -3.26. The van der Waals surface area contributed by atoms with Gasteiger partial charge in [0, 0.05) is 12.5 Å². The van der Waals surface area contributed by atoms with Crippen molar-refractivity contribution >= 4 is 29.8 Å². The lowest BCUT2D eigenvalue weighted by Crippen LogP contribution is -2.65. The van der Waals surface area contributed by atoms with Crippen LogP contribution < -0.4 is 0 Å². The third-order valence-electron chi connectivity index (χ3n) is 4.31. The number of aliphatic carboxylic acids is 1. The van der Waals surface area contributed by atoms with Gasteiger partial charge in [0.05, 0.1) is 11.4 Å². The fourth-order valence-corrected chi connectivity index (χ4v) is 3.95. The van der Waals surface area contributed by atoms with Gasteiger partial charge in [-0.2, -0.15) is 11.8 Å². The van der Waals surface area contributed by atoms with Gasteiger partial charge < -0.3 is 35.4 Å². The van der Waals surface area contributed by atoms with E-state index in [4.69, 9.17) is 4.74 Å². The molecule has 27 heavy (non-hydrogen) atoms. The van der Waals surface area contributed by atoms with Crippen molar-refractivity contribution < 1.29 is 45.0 Å². The largest absolute Gasteiger partial charge is 0.504 e. The number of carboxylic acid groups (broad SMARTS) is 1. The van der Waals surface area contributed by atoms with Crippen molar-refractivity contribution in [2.75, 3.05) is 6.26 Å². The Labute approximate surface area is 158 Å². The SMILES string of the molecule is CSC1[C@@H](OC(=O)/C=C/c2ccc(O)c(O)c2)[C@H](O)[C@H](O)C[C@@]1(O)C(=O)O. The summed E-state index contributed by atoms with van der Waals surface area (Å²) in [5.41, 5.74) is -2.01. The molecule has 148 valence electrons. The second-order valence-corrected chi connectivity index (χ2v) is 7.11. The van der Waals surface area contributed by atoms with E-state index in [9.17, 15) is 40.2 Å². The molecule has 0 saturated heterocycles. The van der Waals surface area contributed by atoms with E-state index in [-0.39, 0.29) is 11.5 Å². The van der Waals surface area contributed by atoms with Gasteiger partial charge in [0.15, 0.2) is 17.1 Å². The van der Waals surface area contributed by atoms with Gasteiger partial charge in [0.25, 0.3) is 0 Å². The zero-order valence-corrected chi connectivity index (χ0v) is 15.0. The molecule has 1 unspecified atom stereocenters. The van der Waals surface area contributed by atoms with Crippen molar-refractivity contribution in [2.24, 2.45) is 0 Å². The monoisotopic (exact) mass is 400 g/mol. The molecular weight excluding hydrogens is 380 g/mol. The summed E-state index contributed by atoms with van der Waals surface area (Å²) in [6.45, 7) is 0. The number of esters is 1. The van der Waals surface area contributed by atoms with Crippen molar-refractivity contribution in [1.29, 1.82) is 0 Å². The molecule has 1 aromatic carbocycles. The molecule has 10 heteroatoms. The summed E-state index contributed by atoms with van der Waals surface area (Å²) in [6.07, 6.45) is -1.51. The molecule has 1 saturated carbocycles. The second kappa shape index (κ2) is 8.17. The number of phenolic OH excluding ortho intramolecular Hbond substituents is 2. The highest BCUT2D eigenvalue weighted by Crippen LogP contribution is 2.38. The van der Waals surface area contributed by atoms with Crippen LogP contribution in [-0.2, 0) is 14.3 Å². The minimum atomic E-state index is -2.38. The van der Waals surface area contributed by atoms with Crippen LogP contribution in [0, 0.1) is 0 Å². The average molecular weight is 400 g/mol. The zero-order chi connectivity index (χ0) is 20.4. The maximum Gasteiger partial charge on any atom is 0.337 e. The van der Waals surface area contributed by atoms with Crippen LogP contribution in [0.3, 0.4) is 0 Å². The van der Waals surface area contributed by atoms with E-state index in [1.165, 1.54) is 30.5 Å². The van der Waals surface area contributed by atoms with Gasteiger partial charge in [0.1, 0.15) is 12.2 Å². The molecule has 0 aromatic heterocycles. The minimum absolute atomic E-state index is 0.329. The molecular formula is C17H20O9S. The molecule has 0 spiro atoms. The summed E-state index contributed by atoms with van der Waals surface area (Å²) >= 11 is 0.891. The van der Waals surface area contributed by atoms with Gasteiger partial charge in [0.2, 0.25) is 0 Å². The fourth-order valence-electron chi connectivity index (χ4n) is 2.88. The molecule has 0 amide bonds. The summed E-state index contributed by atoms with van der Waals surface area (Å²) in [5, 5.41) is 57.2. The number of rotatable bonds is 5. The number of carbonyl (C=O) groups excluding carboxylic acids is 1. The molecule has 1 aromatic rings. The molecule has 0 radical (unpaired) electrons. The van der Waals surface area contributed by atoms with Gasteiger partial charge in [-0.25, -0.2) is 9.59 Å². The highest BCUT2D eigenvalue weighted by Gasteiger charge is 2.57. The van der Waals surface area contributed by atoms with Crippen LogP contribution in [0.25, 0.3) is 6.08 Å². The summed E-state index contributed by atoms with van der Waals surface area (Å²) in [7, 11) is 0. The molecule has 0 heterocycles. The zero-order valence-electron chi connectivity index (χ0n) is 14.2. The maximum atomic E-state index is 12.1. The molecule has 1 fully saturated rings. The average Bonchev–Trinajstić information content (AvgIpc) is 2.60. The third kappa shape index (κ3) is 4.35. The summed E-state index contributed by atoms with van der Waals surface area (Å²) in [6, 6.07) is 3.84. The van der Waals surface area contributed by atoms with Crippen molar-refractivity contribution in [1.82, 2.24) is 0 Å². The predicted molar refractivity (Wildman–Crippen MR) is 95.2 cm³/mol. The smallest absolute Gasteiger partial charge is 0.337 e. The Morgan fingerprint density at radius 2 is 1.93 bits per heavy atom. The van der Waals surface area contributed by atoms with Gasteiger partial charge in [-0.1, -0.05) is 6.07 Å². The van der Waals surface area contributed by atoms with E-state index in [1.54, 1.807) is 0 Å². The van der Waals surface area contributed by atoms with Crippen LogP contribution in [0.1, 0.15) is 12.0 Å². The lowest BCUT2D eigenvalue weighted by Gasteiger charge is -2.44. The van der Waals surface area contributed by atoms with E-state index < -0.39 is 47.5 Å². The standard InChI is InChI=1S/C17H20O9S/c1-27-15-14(13(22)11(20)7-17(15,25)16(23)24)26-12(21)5-3-8-2-4-9(18)10(19)6-8/h2-6,11,13-15,18-20,22,25H,7H2,1H3,(H,23,24)/b5-3+/t11-,13-,14+,15?,17+/m1/s1. The van der Waals surface area contributed by atoms with E-state index in [1.807, 2.05) is 0 Å². The van der Waals surface area contributed by atoms with Crippen LogP contribution in [0.5, 0.6) is 11.5 Å². The van der Waals surface area contributed by atoms with Gasteiger partial charge >= 0.3 is 11.9 Å². The molecule has 2 rings (SSSR count). The topological polar surface area (TPSA) is 165 Å². The number of carboxylic acids is 1. The van der Waals surface area contributed by atoms with E-state index in [0.29, 0.717) is 5.56 Å². The third-order valence-corrected chi connectivity index (χ3v) is 5.47. The minimum Gasteiger partial charge on any atom is -0.504 e. The fraction of sp³-hybridized carbons (Fsp3) is 0.412. The van der Waals surface area contributed by atoms with Gasteiger partial charge in [-0.15, -0.1) is 0 Å². The van der Waals surface area contributed by atoms with Crippen LogP contribution in [0.15, 0.2) is 24.3 Å². The van der Waals surface area contributed by atoms with Crippen molar-refractivity contribution in [3.05, 3.63) is 29.8 Å². The number of phenols is 2. The maximum absolute atomic E-state index is 12.1. The number of hydrogen-bond acceptors (Lipinski definition) is 9. The number of carbonyl (C=O) groups is 2. The van der Waals surface area contributed by atoms with E-state index in [2.05, 4.69) is 0 Å². The normalized spacial score (nSPS) is 31.0. The van der Waals surface area contributed by atoms with E-state index >= 15 is 0 Å². The molecule has 9 nitrogen and oxygen atoms in total. The Kier molecular flexibility index (Phi) is 6.37. The Hall–Kier alpha value is -2.27. The molecule has 1 aliphatic rings. The van der Waals surface area contributed by atoms with Crippen molar-refractivity contribution in [3.8, 4) is 11.5 Å². The Morgan fingerprint density at radius 3 is 2.48 bits per heavy atom. The van der Waals surface area contributed by atoms with Crippen LogP contribution in [0.4, 0.5) is 0 Å². The first-order valence-corrected chi connectivity index (χ1v) is 9.14. The number of aliphatic hydroxyl groups is 3. The second-order valence-electron chi connectivity index (χ2n) is 6.13. The Balaban J connectivity index is 2.19. The molecule has 1 aliphatic carbocycles. The highest BCUT2D eigenvalue weighted by molar-refractivity contribution is 7.99. The molecule has 0 bridgehead atoms. The number of hydrogen-bond donors (Lipinski definition) is 6. The first-order chi connectivity index (χ1) is 12.6. The Bertz CT molecular complexity index is 750. The van der Waals surface area contributed by atoms with Crippen LogP contribution in [0.2, 0.25) is 0 Å². The molecule has 6 N–H and O–H groups in total. The van der Waals surface area contributed by atoms with Crippen molar-refractivity contribution in [3.63, 3.8) is 0 Å². The van der Waals surface area contributed by atoms with Gasteiger partial charge in [-0.3, -0.25) is 0 Å². The predicted octanol–water partition coefficient (Wildman–Crippen LogP) is -0.304. The number of thioether (sulfide) groups is 1. The quantitative estimate of drug-likeness (QED) is 0.219.